The molecule has 0 unspecified atom stereocenters. The van der Waals surface area contributed by atoms with Crippen LogP contribution in [-0.4, -0.2) is 17.8 Å². The van der Waals surface area contributed by atoms with Crippen LogP contribution in [0.1, 0.15) is 5.76 Å². The maximum atomic E-state index is 11.7. The fourth-order valence-corrected chi connectivity index (χ4v) is 1.34. The Labute approximate surface area is 83.9 Å². The summed E-state index contributed by atoms with van der Waals surface area (Å²) in [5, 5.41) is 2.85. The smallest absolute Gasteiger partial charge is 0.441 e. The predicted molar refractivity (Wildman–Crippen MR) is 48.9 cm³/mol. The molecule has 1 rings (SSSR count). The molecule has 0 radical (unpaired) electrons. The van der Waals surface area contributed by atoms with Crippen LogP contribution in [0.15, 0.2) is 22.8 Å². The summed E-state index contributed by atoms with van der Waals surface area (Å²) in [4.78, 5) is 0. The summed E-state index contributed by atoms with van der Waals surface area (Å²) < 4.78 is 40.0. The first kappa shape index (κ1) is 11.5. The van der Waals surface area contributed by atoms with E-state index < -0.39 is 5.51 Å². The highest BCUT2D eigenvalue weighted by Crippen LogP contribution is 2.29. The van der Waals surface area contributed by atoms with E-state index in [0.717, 1.165) is 5.76 Å². The van der Waals surface area contributed by atoms with Gasteiger partial charge in [0.25, 0.3) is 0 Å². The van der Waals surface area contributed by atoms with Crippen LogP contribution in [0.2, 0.25) is 0 Å². The third-order valence-corrected chi connectivity index (χ3v) is 2.16. The van der Waals surface area contributed by atoms with Crippen LogP contribution in [0, 0.1) is 0 Å². The normalized spacial score (nSPS) is 11.9. The molecule has 0 atom stereocenters. The molecule has 1 N–H and O–H groups in total. The maximum absolute atomic E-state index is 11.7. The monoisotopic (exact) mass is 225 g/mol. The number of thioether (sulfide) groups is 1. The summed E-state index contributed by atoms with van der Waals surface area (Å²) in [5.74, 6) is 0.742. The molecule has 80 valence electrons. The van der Waals surface area contributed by atoms with Crippen molar-refractivity contribution in [3.05, 3.63) is 24.2 Å². The molecule has 0 saturated heterocycles. The molecule has 1 aromatic heterocycles. The van der Waals surface area contributed by atoms with E-state index in [0.29, 0.717) is 13.1 Å². The Morgan fingerprint density at radius 2 is 2.21 bits per heavy atom. The lowest BCUT2D eigenvalue weighted by Crippen LogP contribution is -2.18. The second kappa shape index (κ2) is 5.31. The van der Waals surface area contributed by atoms with Gasteiger partial charge in [0.15, 0.2) is 0 Å². The van der Waals surface area contributed by atoms with Gasteiger partial charge in [-0.05, 0) is 23.9 Å². The van der Waals surface area contributed by atoms with Crippen LogP contribution in [0.3, 0.4) is 0 Å². The van der Waals surface area contributed by atoms with Crippen molar-refractivity contribution in [3.63, 3.8) is 0 Å². The molecule has 0 aliphatic carbocycles. The number of alkyl halides is 3. The van der Waals surface area contributed by atoms with Gasteiger partial charge in [0.2, 0.25) is 0 Å². The fraction of sp³-hybridized carbons (Fsp3) is 0.500. The van der Waals surface area contributed by atoms with Gasteiger partial charge in [-0.15, -0.1) is 0 Å². The highest BCUT2D eigenvalue weighted by Gasteiger charge is 2.27. The summed E-state index contributed by atoms with van der Waals surface area (Å²) >= 11 is -0.0223. The number of hydrogen-bond donors (Lipinski definition) is 1. The van der Waals surface area contributed by atoms with Gasteiger partial charge in [0.05, 0.1) is 12.8 Å². The van der Waals surface area contributed by atoms with E-state index >= 15 is 0 Å². The molecule has 0 fully saturated rings. The van der Waals surface area contributed by atoms with E-state index in [9.17, 15) is 13.2 Å². The number of nitrogens with one attached hydrogen (secondary N) is 1. The minimum absolute atomic E-state index is 0.0181. The zero-order valence-corrected chi connectivity index (χ0v) is 8.12. The van der Waals surface area contributed by atoms with Gasteiger partial charge in [-0.25, -0.2) is 0 Å². The second-order valence-electron chi connectivity index (χ2n) is 2.55. The van der Waals surface area contributed by atoms with E-state index in [1.165, 1.54) is 6.26 Å². The van der Waals surface area contributed by atoms with Crippen molar-refractivity contribution in [2.75, 3.05) is 12.3 Å². The summed E-state index contributed by atoms with van der Waals surface area (Å²) in [6.45, 7) is 0.774. The molecule has 0 aromatic carbocycles. The average Bonchev–Trinajstić information content (AvgIpc) is 2.54. The molecule has 2 nitrogen and oxygen atoms in total. The topological polar surface area (TPSA) is 25.2 Å². The lowest BCUT2D eigenvalue weighted by molar-refractivity contribution is -0.0327. The summed E-state index contributed by atoms with van der Waals surface area (Å²) in [7, 11) is 0. The molecule has 14 heavy (non-hydrogen) atoms. The van der Waals surface area contributed by atoms with Gasteiger partial charge in [-0.2, -0.15) is 13.2 Å². The van der Waals surface area contributed by atoms with E-state index in [-0.39, 0.29) is 17.5 Å². The first-order valence-electron chi connectivity index (χ1n) is 4.02. The molecular weight excluding hydrogens is 215 g/mol. The van der Waals surface area contributed by atoms with Crippen molar-refractivity contribution < 1.29 is 17.6 Å². The summed E-state index contributed by atoms with van der Waals surface area (Å²) in [6.07, 6.45) is 1.53. The van der Waals surface area contributed by atoms with E-state index in [2.05, 4.69) is 5.32 Å². The van der Waals surface area contributed by atoms with Crippen LogP contribution < -0.4 is 5.32 Å². The zero-order chi connectivity index (χ0) is 10.4. The molecule has 0 spiro atoms. The quantitative estimate of drug-likeness (QED) is 0.780. The van der Waals surface area contributed by atoms with Crippen LogP contribution in [0.4, 0.5) is 13.2 Å². The Morgan fingerprint density at radius 3 is 2.79 bits per heavy atom. The van der Waals surface area contributed by atoms with Crippen LogP contribution in [0.25, 0.3) is 0 Å². The van der Waals surface area contributed by atoms with Gasteiger partial charge in [-0.1, -0.05) is 0 Å². The van der Waals surface area contributed by atoms with Crippen LogP contribution >= 0.6 is 11.8 Å². The van der Waals surface area contributed by atoms with Crippen molar-refractivity contribution in [2.24, 2.45) is 0 Å². The Balaban J connectivity index is 2.00. The van der Waals surface area contributed by atoms with Crippen molar-refractivity contribution in [3.8, 4) is 0 Å². The number of rotatable bonds is 5. The lowest BCUT2D eigenvalue weighted by Gasteiger charge is -2.05. The van der Waals surface area contributed by atoms with Gasteiger partial charge in [0.1, 0.15) is 5.76 Å². The first-order chi connectivity index (χ1) is 6.58. The molecule has 0 aliphatic heterocycles. The standard InChI is InChI=1S/C8H10F3NOS/c9-8(10,11)14-5-3-12-6-7-2-1-4-13-7/h1-2,4,12H,3,5-6H2. The largest absolute Gasteiger partial charge is 0.468 e. The van der Waals surface area contributed by atoms with E-state index in [4.69, 9.17) is 4.42 Å². The zero-order valence-electron chi connectivity index (χ0n) is 7.30. The van der Waals surface area contributed by atoms with Crippen molar-refractivity contribution >= 4 is 11.8 Å². The van der Waals surface area contributed by atoms with Gasteiger partial charge < -0.3 is 9.73 Å². The Morgan fingerprint density at radius 1 is 1.43 bits per heavy atom. The minimum atomic E-state index is -4.13. The molecule has 6 heteroatoms. The highest BCUT2D eigenvalue weighted by atomic mass is 32.2. The summed E-state index contributed by atoms with van der Waals surface area (Å²) in [5.41, 5.74) is -4.13. The SMILES string of the molecule is FC(F)(F)SCCNCc1ccco1. The third-order valence-electron chi connectivity index (χ3n) is 1.42. The average molecular weight is 225 g/mol. The van der Waals surface area contributed by atoms with E-state index in [1.54, 1.807) is 12.1 Å². The van der Waals surface area contributed by atoms with Crippen molar-refractivity contribution in [2.45, 2.75) is 12.1 Å². The second-order valence-corrected chi connectivity index (χ2v) is 3.71. The predicted octanol–water partition coefficient (Wildman–Crippen LogP) is 2.62. The number of furan rings is 1. The van der Waals surface area contributed by atoms with E-state index in [1.807, 2.05) is 0 Å². The third kappa shape index (κ3) is 5.18. The summed E-state index contributed by atoms with van der Waals surface area (Å²) in [6, 6.07) is 3.51. The molecule has 0 saturated carbocycles. The van der Waals surface area contributed by atoms with Gasteiger partial charge >= 0.3 is 5.51 Å². The first-order valence-corrected chi connectivity index (χ1v) is 5.00. The molecule has 1 heterocycles. The molecule has 0 bridgehead atoms. The van der Waals surface area contributed by atoms with Crippen LogP contribution in [-0.2, 0) is 6.54 Å². The Bertz CT molecular complexity index is 248. The highest BCUT2D eigenvalue weighted by molar-refractivity contribution is 8.00. The molecule has 1 aromatic rings. The fourth-order valence-electron chi connectivity index (χ4n) is 0.864. The Hall–Kier alpha value is -0.620. The number of halogens is 3. The maximum Gasteiger partial charge on any atom is 0.441 e. The van der Waals surface area contributed by atoms with Crippen molar-refractivity contribution in [1.29, 1.82) is 0 Å². The molecular formula is C8H10F3NOS. The van der Waals surface area contributed by atoms with Gasteiger partial charge in [-0.3, -0.25) is 0 Å². The Kier molecular flexibility index (Phi) is 4.34. The van der Waals surface area contributed by atoms with Crippen molar-refractivity contribution in [1.82, 2.24) is 5.32 Å². The van der Waals surface area contributed by atoms with Gasteiger partial charge in [0, 0.05) is 12.3 Å². The lowest BCUT2D eigenvalue weighted by atomic mass is 10.4. The van der Waals surface area contributed by atoms with Crippen LogP contribution in [0.5, 0.6) is 0 Å². The molecule has 0 amide bonds. The molecule has 0 aliphatic rings. The minimum Gasteiger partial charge on any atom is -0.468 e. The number of hydrogen-bond acceptors (Lipinski definition) is 3.